The van der Waals surface area contributed by atoms with Crippen LogP contribution in [0.15, 0.2) is 96.5 Å². The second-order valence-corrected chi connectivity index (χ2v) is 6.00. The number of fused-ring (bicyclic) bond motifs is 1. The Morgan fingerprint density at radius 3 is 1.57 bits per heavy atom. The third-order valence-electron chi connectivity index (χ3n) is 2.49. The summed E-state index contributed by atoms with van der Waals surface area (Å²) in [6.45, 7) is 0. The van der Waals surface area contributed by atoms with Gasteiger partial charge in [-0.15, -0.1) is 0 Å². The van der Waals surface area contributed by atoms with Crippen molar-refractivity contribution in [3.05, 3.63) is 96.5 Å². The van der Waals surface area contributed by atoms with Crippen LogP contribution in [0.5, 0.6) is 0 Å². The molecule has 0 fully saturated rings. The molecule has 21 heavy (non-hydrogen) atoms. The first-order chi connectivity index (χ1) is 10.5. The molecule has 0 amide bonds. The molecule has 4 aromatic rings. The summed E-state index contributed by atoms with van der Waals surface area (Å²) < 4.78 is 1.52. The van der Waals surface area contributed by atoms with Gasteiger partial charge in [-0.05, 0) is 24.3 Å². The molecule has 0 unspecified atom stereocenters. The summed E-state index contributed by atoms with van der Waals surface area (Å²) >= 11 is 0.622. The van der Waals surface area contributed by atoms with Crippen LogP contribution in [0, 0.1) is 0 Å². The molecule has 0 aliphatic carbocycles. The van der Waals surface area contributed by atoms with Crippen molar-refractivity contribution in [1.29, 1.82) is 0 Å². The molecule has 2 nitrogen and oxygen atoms in total. The van der Waals surface area contributed by atoms with Crippen LogP contribution in [-0.4, -0.2) is 24.5 Å². The van der Waals surface area contributed by atoms with Gasteiger partial charge >= 0.3 is 59.4 Å². The molecule has 0 atom stereocenters. The number of aromatic nitrogens is 2. The van der Waals surface area contributed by atoms with Crippen LogP contribution >= 0.6 is 0 Å². The molecule has 0 N–H and O–H groups in total. The number of rotatable bonds is 0. The van der Waals surface area contributed by atoms with E-state index in [4.69, 9.17) is 0 Å². The summed E-state index contributed by atoms with van der Waals surface area (Å²) in [6.07, 6.45) is 7.00. The molecule has 0 saturated carbocycles. The smallest absolute Gasteiger partial charge is 0.0267 e. The average molecular weight is 339 g/mol. The van der Waals surface area contributed by atoms with Gasteiger partial charge in [0.1, 0.15) is 0 Å². The van der Waals surface area contributed by atoms with E-state index in [1.165, 1.54) is 9.65 Å². The third kappa shape index (κ3) is 6.17. The van der Waals surface area contributed by atoms with Gasteiger partial charge in [0, 0.05) is 24.8 Å². The van der Waals surface area contributed by atoms with Crippen LogP contribution in [0.1, 0.15) is 0 Å². The number of benzene rings is 1. The Hall–Kier alpha value is -2.22. The quantitative estimate of drug-likeness (QED) is 0.452. The van der Waals surface area contributed by atoms with E-state index in [0.29, 0.717) is 14.5 Å². The molecular weight excluding hydrogens is 323 g/mol. The molecule has 0 aliphatic heterocycles. The normalized spacial score (nSPS) is 8.95. The summed E-state index contributed by atoms with van der Waals surface area (Å²) in [7, 11) is 0. The zero-order chi connectivity index (χ0) is 14.6. The molecule has 104 valence electrons. The summed E-state index contributed by atoms with van der Waals surface area (Å²) in [5.41, 5.74) is 0. The minimum atomic E-state index is 0.622. The fourth-order valence-electron chi connectivity index (χ4n) is 1.53. The van der Waals surface area contributed by atoms with E-state index < -0.39 is 0 Å². The SMILES string of the molecule is c1ccc2[se]ccc2c1.c1ccncc1.c1ccncc1. The molecule has 0 radical (unpaired) electrons. The van der Waals surface area contributed by atoms with E-state index in [2.05, 4.69) is 45.2 Å². The number of nitrogens with zero attached hydrogens (tertiary/aromatic N) is 2. The van der Waals surface area contributed by atoms with E-state index in [1.54, 1.807) is 24.8 Å². The Balaban J connectivity index is 0.000000120. The van der Waals surface area contributed by atoms with Gasteiger partial charge in [-0.2, -0.15) is 0 Å². The first-order valence-electron chi connectivity index (χ1n) is 6.59. The minimum absolute atomic E-state index is 0.622. The fourth-order valence-corrected chi connectivity index (χ4v) is 3.19. The summed E-state index contributed by atoms with van der Waals surface area (Å²) in [4.78, 5) is 9.83. The van der Waals surface area contributed by atoms with Crippen molar-refractivity contribution < 1.29 is 0 Å². The van der Waals surface area contributed by atoms with Crippen LogP contribution in [-0.2, 0) is 0 Å². The Labute approximate surface area is 130 Å². The van der Waals surface area contributed by atoms with Gasteiger partial charge in [0.2, 0.25) is 0 Å². The number of hydrogen-bond acceptors (Lipinski definition) is 2. The third-order valence-corrected chi connectivity index (χ3v) is 4.38. The molecule has 3 heterocycles. The predicted octanol–water partition coefficient (Wildman–Crippen LogP) is 4.06. The van der Waals surface area contributed by atoms with Crippen molar-refractivity contribution in [2.45, 2.75) is 0 Å². The van der Waals surface area contributed by atoms with Crippen molar-refractivity contribution in [1.82, 2.24) is 9.97 Å². The van der Waals surface area contributed by atoms with Crippen LogP contribution < -0.4 is 0 Å². The van der Waals surface area contributed by atoms with E-state index in [-0.39, 0.29) is 0 Å². The van der Waals surface area contributed by atoms with Gasteiger partial charge < -0.3 is 0 Å². The Kier molecular flexibility index (Phi) is 6.97. The van der Waals surface area contributed by atoms with Gasteiger partial charge in [-0.3, -0.25) is 9.97 Å². The molecule has 0 saturated heterocycles. The first-order valence-corrected chi connectivity index (χ1v) is 8.43. The predicted molar refractivity (Wildman–Crippen MR) is 89.4 cm³/mol. The molecule has 0 spiro atoms. The number of hydrogen-bond donors (Lipinski definition) is 0. The zero-order valence-electron chi connectivity index (χ0n) is 11.5. The molecule has 1 aromatic carbocycles. The maximum absolute atomic E-state index is 3.78. The van der Waals surface area contributed by atoms with Gasteiger partial charge in [-0.25, -0.2) is 0 Å². The van der Waals surface area contributed by atoms with E-state index in [9.17, 15) is 0 Å². The van der Waals surface area contributed by atoms with E-state index >= 15 is 0 Å². The maximum atomic E-state index is 3.78. The van der Waals surface area contributed by atoms with Crippen molar-refractivity contribution in [2.75, 3.05) is 0 Å². The second kappa shape index (κ2) is 9.65. The van der Waals surface area contributed by atoms with Gasteiger partial charge in [-0.1, -0.05) is 12.1 Å². The summed E-state index contributed by atoms with van der Waals surface area (Å²) in [6, 6.07) is 22.2. The first kappa shape index (κ1) is 15.2. The minimum Gasteiger partial charge on any atom is -0.265 e. The van der Waals surface area contributed by atoms with Gasteiger partial charge in [0.25, 0.3) is 0 Å². The molecule has 4 rings (SSSR count). The van der Waals surface area contributed by atoms with Crippen molar-refractivity contribution in [2.24, 2.45) is 0 Å². The van der Waals surface area contributed by atoms with Crippen molar-refractivity contribution in [3.63, 3.8) is 0 Å². The average Bonchev–Trinajstić information content (AvgIpc) is 3.08. The van der Waals surface area contributed by atoms with Gasteiger partial charge in [0.15, 0.2) is 0 Å². The molecule has 0 aliphatic rings. The molecule has 0 bridgehead atoms. The van der Waals surface area contributed by atoms with Gasteiger partial charge in [0.05, 0.1) is 0 Å². The molecule has 3 aromatic heterocycles. The topological polar surface area (TPSA) is 25.8 Å². The summed E-state index contributed by atoms with van der Waals surface area (Å²) in [5.74, 6) is 0. The van der Waals surface area contributed by atoms with E-state index in [1.807, 2.05) is 36.4 Å². The Morgan fingerprint density at radius 1 is 0.571 bits per heavy atom. The van der Waals surface area contributed by atoms with Crippen LogP contribution in [0.2, 0.25) is 0 Å². The molecular formula is C18H16N2Se. The monoisotopic (exact) mass is 340 g/mol. The van der Waals surface area contributed by atoms with Crippen LogP contribution in [0.3, 0.4) is 0 Å². The standard InChI is InChI=1S/C8H6Se.2C5H5N/c1-2-4-8-7(3-1)5-6-9-8;2*1-2-4-6-5-3-1/h1-6H;2*1-5H. The van der Waals surface area contributed by atoms with Crippen molar-refractivity contribution >= 4 is 24.1 Å². The number of pyridine rings is 2. The zero-order valence-corrected chi connectivity index (χ0v) is 13.3. The Morgan fingerprint density at radius 2 is 1.14 bits per heavy atom. The maximum Gasteiger partial charge on any atom is 0.0267 e. The van der Waals surface area contributed by atoms with Crippen LogP contribution in [0.25, 0.3) is 9.65 Å². The largest absolute Gasteiger partial charge is 0.265 e. The fraction of sp³-hybridized carbons (Fsp3) is 0. The summed E-state index contributed by atoms with van der Waals surface area (Å²) in [5, 5.41) is 1.41. The van der Waals surface area contributed by atoms with Crippen LogP contribution in [0.4, 0.5) is 0 Å². The molecule has 3 heteroatoms. The second-order valence-electron chi connectivity index (χ2n) is 4.01. The van der Waals surface area contributed by atoms with E-state index in [0.717, 1.165) is 0 Å². The van der Waals surface area contributed by atoms with Crippen molar-refractivity contribution in [3.8, 4) is 0 Å². The Bertz CT molecular complexity index is 594.